The van der Waals surface area contributed by atoms with Crippen molar-refractivity contribution in [2.24, 2.45) is 11.0 Å². The summed E-state index contributed by atoms with van der Waals surface area (Å²) < 4.78 is 5.74. The lowest BCUT2D eigenvalue weighted by atomic mass is 10.2. The summed E-state index contributed by atoms with van der Waals surface area (Å²) in [6.45, 7) is 6.75. The van der Waals surface area contributed by atoms with E-state index in [0.717, 1.165) is 5.56 Å². The Morgan fingerprint density at radius 3 is 2.50 bits per heavy atom. The predicted octanol–water partition coefficient (Wildman–Crippen LogP) is 3.45. The second kappa shape index (κ2) is 10.5. The van der Waals surface area contributed by atoms with Gasteiger partial charge in [-0.1, -0.05) is 55.3 Å². The number of hydrogen-bond acceptors (Lipinski definition) is 4. The van der Waals surface area contributed by atoms with Gasteiger partial charge in [-0.25, -0.2) is 5.43 Å². The van der Waals surface area contributed by atoms with Gasteiger partial charge in [0.2, 0.25) is 0 Å². The minimum atomic E-state index is -0.818. The van der Waals surface area contributed by atoms with Gasteiger partial charge in [-0.15, -0.1) is 0 Å². The number of hydrogen-bond donors (Lipinski definition) is 2. The van der Waals surface area contributed by atoms with Gasteiger partial charge >= 0.3 is 11.8 Å². The number of nitrogens with zero attached hydrogens (tertiary/aromatic N) is 1. The molecule has 0 radical (unpaired) electrons. The quantitative estimate of drug-likeness (QED) is 0.423. The van der Waals surface area contributed by atoms with Crippen molar-refractivity contribution in [1.29, 1.82) is 0 Å². The number of rotatable bonds is 7. The van der Waals surface area contributed by atoms with Crippen molar-refractivity contribution >= 4 is 29.6 Å². The van der Waals surface area contributed by atoms with Crippen LogP contribution in [0.25, 0.3) is 0 Å². The van der Waals surface area contributed by atoms with E-state index < -0.39 is 11.8 Å². The predicted molar refractivity (Wildman–Crippen MR) is 111 cm³/mol. The molecule has 0 aromatic heterocycles. The molecule has 148 valence electrons. The molecule has 7 heteroatoms. The van der Waals surface area contributed by atoms with E-state index in [9.17, 15) is 9.59 Å². The highest BCUT2D eigenvalue weighted by molar-refractivity contribution is 6.35. The maximum atomic E-state index is 11.6. The van der Waals surface area contributed by atoms with Gasteiger partial charge in [0.25, 0.3) is 0 Å². The molecule has 0 saturated carbocycles. The van der Waals surface area contributed by atoms with Crippen molar-refractivity contribution in [3.05, 3.63) is 64.2 Å². The van der Waals surface area contributed by atoms with E-state index in [0.29, 0.717) is 29.5 Å². The summed E-state index contributed by atoms with van der Waals surface area (Å²) in [5, 5.41) is 6.72. The average Bonchev–Trinajstić information content (AvgIpc) is 2.66. The highest BCUT2D eigenvalue weighted by Gasteiger charge is 2.12. The summed E-state index contributed by atoms with van der Waals surface area (Å²) in [7, 11) is 0. The van der Waals surface area contributed by atoms with Crippen molar-refractivity contribution in [2.45, 2.75) is 27.4 Å². The number of amides is 2. The second-order valence-electron chi connectivity index (χ2n) is 6.77. The average molecular weight is 402 g/mol. The first kappa shape index (κ1) is 21.4. The zero-order valence-electron chi connectivity index (χ0n) is 16.2. The third-order valence-electron chi connectivity index (χ3n) is 3.73. The summed E-state index contributed by atoms with van der Waals surface area (Å²) in [5.74, 6) is -0.726. The van der Waals surface area contributed by atoms with E-state index in [1.165, 1.54) is 11.8 Å². The highest BCUT2D eigenvalue weighted by atomic mass is 35.5. The molecule has 2 aromatic carbocycles. The Hall–Kier alpha value is -2.86. The van der Waals surface area contributed by atoms with Crippen molar-refractivity contribution < 1.29 is 14.3 Å². The van der Waals surface area contributed by atoms with Gasteiger partial charge in [0.15, 0.2) is 0 Å². The third kappa shape index (κ3) is 7.04. The van der Waals surface area contributed by atoms with Gasteiger partial charge in [0.05, 0.1) is 11.2 Å². The summed E-state index contributed by atoms with van der Waals surface area (Å²) in [6.07, 6.45) is 1.41. The maximum Gasteiger partial charge on any atom is 0.329 e. The molecule has 2 N–H and O–H groups in total. The van der Waals surface area contributed by atoms with E-state index >= 15 is 0 Å². The van der Waals surface area contributed by atoms with Crippen LogP contribution in [0, 0.1) is 12.8 Å². The highest BCUT2D eigenvalue weighted by Crippen LogP contribution is 2.25. The topological polar surface area (TPSA) is 79.8 Å². The molecule has 0 atom stereocenters. The number of benzene rings is 2. The summed E-state index contributed by atoms with van der Waals surface area (Å²) in [4.78, 5) is 23.2. The smallest absolute Gasteiger partial charge is 0.329 e. The minimum Gasteiger partial charge on any atom is -0.487 e. The molecule has 2 amide bonds. The Kier molecular flexibility index (Phi) is 8.02. The molecule has 0 bridgehead atoms. The van der Waals surface area contributed by atoms with E-state index in [2.05, 4.69) is 15.8 Å². The molecule has 0 aliphatic carbocycles. The molecule has 0 heterocycles. The molecule has 0 unspecified atom stereocenters. The van der Waals surface area contributed by atoms with E-state index in [-0.39, 0.29) is 5.92 Å². The van der Waals surface area contributed by atoms with Crippen LogP contribution in [-0.4, -0.2) is 24.6 Å². The molecule has 28 heavy (non-hydrogen) atoms. The first-order valence-corrected chi connectivity index (χ1v) is 9.32. The summed E-state index contributed by atoms with van der Waals surface area (Å²) >= 11 is 6.25. The van der Waals surface area contributed by atoms with E-state index in [1.54, 1.807) is 18.2 Å². The monoisotopic (exact) mass is 401 g/mol. The van der Waals surface area contributed by atoms with Crippen LogP contribution in [0.1, 0.15) is 30.5 Å². The van der Waals surface area contributed by atoms with Crippen LogP contribution in [0.2, 0.25) is 5.02 Å². The number of nitrogens with one attached hydrogen (secondary N) is 2. The summed E-state index contributed by atoms with van der Waals surface area (Å²) in [5.41, 5.74) is 5.08. The fourth-order valence-electron chi connectivity index (χ4n) is 2.15. The molecule has 0 aliphatic heterocycles. The van der Waals surface area contributed by atoms with Crippen molar-refractivity contribution in [2.75, 3.05) is 6.54 Å². The normalized spacial score (nSPS) is 10.9. The lowest BCUT2D eigenvalue weighted by molar-refractivity contribution is -0.139. The Labute approximate surface area is 169 Å². The number of halogens is 1. The number of hydrazone groups is 1. The van der Waals surface area contributed by atoms with Crippen molar-refractivity contribution in [3.63, 3.8) is 0 Å². The third-order valence-corrected chi connectivity index (χ3v) is 4.02. The standard InChI is InChI=1S/C21H24ClN3O3/c1-14(2)11-23-20(26)21(27)25-24-12-17-8-9-19(18(22)10-17)28-13-16-6-4-15(3)5-7-16/h4-10,12,14H,11,13H2,1-3H3,(H,23,26)(H,25,27)/b24-12-. The zero-order valence-corrected chi connectivity index (χ0v) is 16.9. The van der Waals surface area contributed by atoms with Crippen LogP contribution in [0.15, 0.2) is 47.6 Å². The summed E-state index contributed by atoms with van der Waals surface area (Å²) in [6, 6.07) is 13.2. The largest absolute Gasteiger partial charge is 0.487 e. The number of ether oxygens (including phenoxy) is 1. The Morgan fingerprint density at radius 2 is 1.86 bits per heavy atom. The molecular formula is C21H24ClN3O3. The van der Waals surface area contributed by atoms with E-state index in [4.69, 9.17) is 16.3 Å². The van der Waals surface area contributed by atoms with Crippen LogP contribution < -0.4 is 15.5 Å². The second-order valence-corrected chi connectivity index (χ2v) is 7.17. The van der Waals surface area contributed by atoms with Crippen LogP contribution in [0.3, 0.4) is 0 Å². The molecular weight excluding hydrogens is 378 g/mol. The van der Waals surface area contributed by atoms with Crippen LogP contribution in [0.5, 0.6) is 5.75 Å². The van der Waals surface area contributed by atoms with Crippen molar-refractivity contribution in [3.8, 4) is 5.75 Å². The zero-order chi connectivity index (χ0) is 20.5. The molecule has 0 spiro atoms. The fraction of sp³-hybridized carbons (Fsp3) is 0.286. The number of carbonyl (C=O) groups is 2. The lowest BCUT2D eigenvalue weighted by Gasteiger charge is -2.09. The number of carbonyl (C=O) groups excluding carboxylic acids is 2. The van der Waals surface area contributed by atoms with Gasteiger partial charge in [-0.2, -0.15) is 5.10 Å². The number of aryl methyl sites for hydroxylation is 1. The van der Waals surface area contributed by atoms with Gasteiger partial charge < -0.3 is 10.1 Å². The van der Waals surface area contributed by atoms with Crippen LogP contribution in [-0.2, 0) is 16.2 Å². The first-order chi connectivity index (χ1) is 13.3. The van der Waals surface area contributed by atoms with Gasteiger partial charge in [0, 0.05) is 6.54 Å². The molecule has 2 rings (SSSR count). The molecule has 6 nitrogen and oxygen atoms in total. The minimum absolute atomic E-state index is 0.258. The molecule has 0 saturated heterocycles. The fourth-order valence-corrected chi connectivity index (χ4v) is 2.40. The first-order valence-electron chi connectivity index (χ1n) is 8.94. The molecule has 0 aliphatic rings. The van der Waals surface area contributed by atoms with Gasteiger partial charge in [0.1, 0.15) is 12.4 Å². The molecule has 0 fully saturated rings. The Bertz CT molecular complexity index is 848. The van der Waals surface area contributed by atoms with Gasteiger partial charge in [-0.05, 0) is 42.2 Å². The SMILES string of the molecule is Cc1ccc(COc2ccc(/C=N\NC(=O)C(=O)NCC(C)C)cc2Cl)cc1. The Morgan fingerprint density at radius 1 is 1.14 bits per heavy atom. The lowest BCUT2D eigenvalue weighted by Crippen LogP contribution is -2.39. The van der Waals surface area contributed by atoms with Crippen molar-refractivity contribution in [1.82, 2.24) is 10.7 Å². The van der Waals surface area contributed by atoms with Gasteiger partial charge in [-0.3, -0.25) is 9.59 Å². The Balaban J connectivity index is 1.87. The van der Waals surface area contributed by atoms with Crippen LogP contribution >= 0.6 is 11.6 Å². The maximum absolute atomic E-state index is 11.6. The molecule has 2 aromatic rings. The van der Waals surface area contributed by atoms with Crippen LogP contribution in [0.4, 0.5) is 0 Å². The van der Waals surface area contributed by atoms with E-state index in [1.807, 2.05) is 45.0 Å².